The fourth-order valence-corrected chi connectivity index (χ4v) is 2.80. The van der Waals surface area contributed by atoms with Gasteiger partial charge < -0.3 is 10.4 Å². The lowest BCUT2D eigenvalue weighted by Crippen LogP contribution is -2.40. The highest BCUT2D eigenvalue weighted by Gasteiger charge is 2.36. The Hall–Kier alpha value is -1.91. The van der Waals surface area contributed by atoms with E-state index in [4.69, 9.17) is 0 Å². The first-order valence-electron chi connectivity index (χ1n) is 7.02. The molecule has 1 aromatic rings. The summed E-state index contributed by atoms with van der Waals surface area (Å²) >= 11 is 0. The van der Waals surface area contributed by atoms with Gasteiger partial charge in [0.25, 0.3) is 0 Å². The molecule has 3 unspecified atom stereocenters. The van der Waals surface area contributed by atoms with Gasteiger partial charge in [-0.1, -0.05) is 12.8 Å². The summed E-state index contributed by atoms with van der Waals surface area (Å²) in [6.07, 6.45) is 6.42. The third-order valence-corrected chi connectivity index (χ3v) is 3.98. The van der Waals surface area contributed by atoms with Crippen LogP contribution in [0.5, 0.6) is 0 Å². The molecule has 0 radical (unpaired) electrons. The third-order valence-electron chi connectivity index (χ3n) is 3.98. The van der Waals surface area contributed by atoms with Gasteiger partial charge in [0, 0.05) is 12.4 Å². The molecule has 0 saturated heterocycles. The number of hydrogen-bond donors (Lipinski definition) is 2. The number of aromatic nitrogens is 1. The van der Waals surface area contributed by atoms with Crippen LogP contribution in [-0.4, -0.2) is 22.0 Å². The van der Waals surface area contributed by atoms with Crippen molar-refractivity contribution in [3.63, 3.8) is 0 Å². The molecular formula is C15H20N2O3. The number of aliphatic carboxylic acids is 1. The van der Waals surface area contributed by atoms with Gasteiger partial charge in [0.05, 0.1) is 17.9 Å². The topological polar surface area (TPSA) is 79.3 Å². The molecule has 1 aromatic heterocycles. The van der Waals surface area contributed by atoms with Gasteiger partial charge in [0.2, 0.25) is 5.91 Å². The van der Waals surface area contributed by atoms with Gasteiger partial charge in [-0.25, -0.2) is 0 Å². The molecule has 5 heteroatoms. The van der Waals surface area contributed by atoms with Gasteiger partial charge in [0.1, 0.15) is 0 Å². The molecule has 1 saturated carbocycles. The lowest BCUT2D eigenvalue weighted by Gasteiger charge is -2.28. The normalized spacial score (nSPS) is 23.9. The standard InChI is InChI=1S/C15H20N2O3/c1-10(11-6-8-16-9-7-11)17-14(18)12-4-2-3-5-13(12)15(19)20/h6-10,12-13H,2-5H2,1H3,(H,17,18)(H,19,20). The van der Waals surface area contributed by atoms with Gasteiger partial charge in [0.15, 0.2) is 0 Å². The zero-order valence-electron chi connectivity index (χ0n) is 11.6. The molecule has 3 atom stereocenters. The molecule has 0 aliphatic heterocycles. The average Bonchev–Trinajstić information content (AvgIpc) is 2.48. The van der Waals surface area contributed by atoms with Crippen LogP contribution < -0.4 is 5.32 Å². The van der Waals surface area contributed by atoms with E-state index < -0.39 is 17.8 Å². The number of nitrogens with zero attached hydrogens (tertiary/aromatic N) is 1. The van der Waals surface area contributed by atoms with Crippen LogP contribution in [0.4, 0.5) is 0 Å². The molecule has 1 amide bonds. The average molecular weight is 276 g/mol. The minimum Gasteiger partial charge on any atom is -0.481 e. The van der Waals surface area contributed by atoms with Crippen LogP contribution in [0.15, 0.2) is 24.5 Å². The summed E-state index contributed by atoms with van der Waals surface area (Å²) in [5.41, 5.74) is 0.969. The molecule has 5 nitrogen and oxygen atoms in total. The second kappa shape index (κ2) is 6.50. The molecule has 20 heavy (non-hydrogen) atoms. The monoisotopic (exact) mass is 276 g/mol. The van der Waals surface area contributed by atoms with Crippen molar-refractivity contribution in [3.05, 3.63) is 30.1 Å². The second-order valence-corrected chi connectivity index (χ2v) is 5.35. The molecule has 2 rings (SSSR count). The van der Waals surface area contributed by atoms with Gasteiger partial charge in [-0.15, -0.1) is 0 Å². The smallest absolute Gasteiger partial charge is 0.307 e. The van der Waals surface area contributed by atoms with E-state index in [0.717, 1.165) is 18.4 Å². The zero-order valence-corrected chi connectivity index (χ0v) is 11.6. The Labute approximate surface area is 118 Å². The zero-order chi connectivity index (χ0) is 14.5. The molecule has 1 aliphatic rings. The lowest BCUT2D eigenvalue weighted by atomic mass is 9.78. The molecule has 0 aromatic carbocycles. The highest BCUT2D eigenvalue weighted by atomic mass is 16.4. The minimum absolute atomic E-state index is 0.137. The first kappa shape index (κ1) is 14.5. The van der Waals surface area contributed by atoms with Gasteiger partial charge >= 0.3 is 5.97 Å². The number of pyridine rings is 1. The maximum Gasteiger partial charge on any atom is 0.307 e. The number of hydrogen-bond acceptors (Lipinski definition) is 3. The quantitative estimate of drug-likeness (QED) is 0.883. The van der Waals surface area contributed by atoms with E-state index in [9.17, 15) is 14.7 Å². The summed E-state index contributed by atoms with van der Waals surface area (Å²) in [7, 11) is 0. The van der Waals surface area contributed by atoms with E-state index >= 15 is 0 Å². The Morgan fingerprint density at radius 3 is 2.45 bits per heavy atom. The molecule has 1 heterocycles. The second-order valence-electron chi connectivity index (χ2n) is 5.35. The summed E-state index contributed by atoms with van der Waals surface area (Å²) in [4.78, 5) is 27.5. The van der Waals surface area contributed by atoms with E-state index in [1.54, 1.807) is 12.4 Å². The van der Waals surface area contributed by atoms with Gasteiger partial charge in [-0.3, -0.25) is 14.6 Å². The summed E-state index contributed by atoms with van der Waals surface area (Å²) in [5, 5.41) is 12.1. The number of carboxylic acid groups (broad SMARTS) is 1. The summed E-state index contributed by atoms with van der Waals surface area (Å²) < 4.78 is 0. The number of carboxylic acids is 1. The van der Waals surface area contributed by atoms with Crippen molar-refractivity contribution in [1.82, 2.24) is 10.3 Å². The molecule has 108 valence electrons. The lowest BCUT2D eigenvalue weighted by molar-refractivity contribution is -0.149. The van der Waals surface area contributed by atoms with Gasteiger partial charge in [-0.05, 0) is 37.5 Å². The van der Waals surface area contributed by atoms with Crippen molar-refractivity contribution >= 4 is 11.9 Å². The van der Waals surface area contributed by atoms with E-state index in [1.807, 2.05) is 19.1 Å². The van der Waals surface area contributed by atoms with E-state index in [2.05, 4.69) is 10.3 Å². The minimum atomic E-state index is -0.860. The Balaban J connectivity index is 2.01. The fraction of sp³-hybridized carbons (Fsp3) is 0.533. The molecule has 1 aliphatic carbocycles. The number of rotatable bonds is 4. The SMILES string of the molecule is CC(NC(=O)C1CCCCC1C(=O)O)c1ccncc1. The van der Waals surface area contributed by atoms with Crippen molar-refractivity contribution in [2.75, 3.05) is 0 Å². The van der Waals surface area contributed by atoms with Crippen LogP contribution in [0.1, 0.15) is 44.2 Å². The predicted octanol–water partition coefficient (Wildman–Crippen LogP) is 2.15. The maximum atomic E-state index is 12.3. The van der Waals surface area contributed by atoms with Crippen LogP contribution in [0.25, 0.3) is 0 Å². The van der Waals surface area contributed by atoms with E-state index in [-0.39, 0.29) is 11.9 Å². The van der Waals surface area contributed by atoms with E-state index in [1.165, 1.54) is 0 Å². The summed E-state index contributed by atoms with van der Waals surface area (Å²) in [5.74, 6) is -1.97. The van der Waals surface area contributed by atoms with Crippen LogP contribution >= 0.6 is 0 Å². The fourth-order valence-electron chi connectivity index (χ4n) is 2.80. The Morgan fingerprint density at radius 1 is 1.25 bits per heavy atom. The van der Waals surface area contributed by atoms with Crippen molar-refractivity contribution in [2.45, 2.75) is 38.6 Å². The van der Waals surface area contributed by atoms with Crippen molar-refractivity contribution in [3.8, 4) is 0 Å². The first-order valence-corrected chi connectivity index (χ1v) is 7.02. The van der Waals surface area contributed by atoms with Crippen LogP contribution in [0, 0.1) is 11.8 Å². The number of carbonyl (C=O) groups is 2. The molecule has 0 bridgehead atoms. The first-order chi connectivity index (χ1) is 9.59. The van der Waals surface area contributed by atoms with E-state index in [0.29, 0.717) is 12.8 Å². The number of nitrogens with one attached hydrogen (secondary N) is 1. The molecular weight excluding hydrogens is 256 g/mol. The van der Waals surface area contributed by atoms with Crippen molar-refractivity contribution in [2.24, 2.45) is 11.8 Å². The molecule has 2 N–H and O–H groups in total. The maximum absolute atomic E-state index is 12.3. The third kappa shape index (κ3) is 3.35. The Bertz CT molecular complexity index is 475. The van der Waals surface area contributed by atoms with Gasteiger partial charge in [-0.2, -0.15) is 0 Å². The van der Waals surface area contributed by atoms with Crippen molar-refractivity contribution < 1.29 is 14.7 Å². The summed E-state index contributed by atoms with van der Waals surface area (Å²) in [6.45, 7) is 1.89. The van der Waals surface area contributed by atoms with Crippen LogP contribution in [-0.2, 0) is 9.59 Å². The summed E-state index contributed by atoms with van der Waals surface area (Å²) in [6, 6.07) is 3.56. The van der Waals surface area contributed by atoms with Crippen LogP contribution in [0.3, 0.4) is 0 Å². The Morgan fingerprint density at radius 2 is 1.85 bits per heavy atom. The highest BCUT2D eigenvalue weighted by Crippen LogP contribution is 2.31. The number of carbonyl (C=O) groups excluding carboxylic acids is 1. The number of amides is 1. The largest absolute Gasteiger partial charge is 0.481 e. The molecule has 1 fully saturated rings. The van der Waals surface area contributed by atoms with Crippen molar-refractivity contribution in [1.29, 1.82) is 0 Å². The predicted molar refractivity (Wildman–Crippen MR) is 73.9 cm³/mol. The molecule has 0 spiro atoms. The Kier molecular flexibility index (Phi) is 4.71. The van der Waals surface area contributed by atoms with Crippen LogP contribution in [0.2, 0.25) is 0 Å². The highest BCUT2D eigenvalue weighted by molar-refractivity contribution is 5.85.